The van der Waals surface area contributed by atoms with Crippen LogP contribution in [0.5, 0.6) is 0 Å². The van der Waals surface area contributed by atoms with Gasteiger partial charge in [0.25, 0.3) is 0 Å². The van der Waals surface area contributed by atoms with E-state index in [1.807, 2.05) is 18.2 Å². The lowest BCUT2D eigenvalue weighted by Crippen LogP contribution is -2.42. The fourth-order valence-electron chi connectivity index (χ4n) is 2.66. The molecule has 2 aromatic rings. The number of nitrogens with one attached hydrogen (secondary N) is 1. The second kappa shape index (κ2) is 13.1. The maximum Gasteiger partial charge on any atom is 0.500 e. The average Bonchev–Trinajstić information content (AvgIpc) is 3.23. The largest absolute Gasteiger partial charge is 0.500 e. The van der Waals surface area contributed by atoms with Crippen LogP contribution < -0.4 is 5.32 Å². The van der Waals surface area contributed by atoms with E-state index in [1.54, 1.807) is 39.3 Å². The molecule has 30 heavy (non-hydrogen) atoms. The van der Waals surface area contributed by atoms with Gasteiger partial charge in [-0.25, -0.2) is 0 Å². The molecule has 2 aromatic heterocycles. The van der Waals surface area contributed by atoms with Crippen molar-refractivity contribution in [1.82, 2.24) is 15.2 Å². The first-order valence-corrected chi connectivity index (χ1v) is 13.2. The van der Waals surface area contributed by atoms with Crippen LogP contribution in [-0.4, -0.2) is 68.9 Å². The first-order valence-electron chi connectivity index (χ1n) is 9.45. The standard InChI is InChI=1S/C18H28N4O5S2Si/c1-25-30(26-2,27-3)10-6-8-15(23)11-16(24)12-20-17-21-22-18(29-17)28-13-14-7-4-5-9-19-14/h4-5,7,9,16,24H,6,8,10-13H2,1-3H3,(H,20,21). The number of aliphatic hydroxyl groups excluding tert-OH is 1. The Hall–Kier alpha value is -1.41. The number of carbonyl (C=O) groups excluding carboxylic acids is 1. The molecule has 0 aliphatic carbocycles. The van der Waals surface area contributed by atoms with Crippen molar-refractivity contribution in [2.75, 3.05) is 33.2 Å². The van der Waals surface area contributed by atoms with E-state index in [-0.39, 0.29) is 18.7 Å². The molecule has 0 fully saturated rings. The molecule has 12 heteroatoms. The Morgan fingerprint density at radius 2 is 2.03 bits per heavy atom. The minimum absolute atomic E-state index is 0.0145. The molecule has 0 bridgehead atoms. The van der Waals surface area contributed by atoms with Crippen molar-refractivity contribution in [1.29, 1.82) is 0 Å². The van der Waals surface area contributed by atoms with Gasteiger partial charge in [0.15, 0.2) is 4.34 Å². The summed E-state index contributed by atoms with van der Waals surface area (Å²) in [6, 6.07) is 6.34. The fourth-order valence-corrected chi connectivity index (χ4v) is 6.06. The van der Waals surface area contributed by atoms with Crippen molar-refractivity contribution in [2.45, 2.75) is 41.5 Å². The zero-order valence-corrected chi connectivity index (χ0v) is 20.0. The quantitative estimate of drug-likeness (QED) is 0.296. The van der Waals surface area contributed by atoms with Gasteiger partial charge in [0.2, 0.25) is 5.13 Å². The van der Waals surface area contributed by atoms with Crippen LogP contribution in [0.1, 0.15) is 25.0 Å². The summed E-state index contributed by atoms with van der Waals surface area (Å²) in [5.41, 5.74) is 0.975. The molecule has 0 spiro atoms. The number of nitrogens with zero attached hydrogens (tertiary/aromatic N) is 3. The van der Waals surface area contributed by atoms with E-state index < -0.39 is 14.9 Å². The van der Waals surface area contributed by atoms with E-state index in [0.29, 0.717) is 29.8 Å². The van der Waals surface area contributed by atoms with Gasteiger partial charge in [0.1, 0.15) is 5.78 Å². The molecule has 2 N–H and O–H groups in total. The number of carbonyl (C=O) groups is 1. The third-order valence-corrected chi connectivity index (χ3v) is 9.18. The minimum atomic E-state index is -2.66. The van der Waals surface area contributed by atoms with Gasteiger partial charge in [-0.2, -0.15) is 0 Å². The first kappa shape index (κ1) is 24.9. The second-order valence-corrected chi connectivity index (χ2v) is 11.7. The zero-order chi connectivity index (χ0) is 21.8. The molecule has 2 rings (SSSR count). The summed E-state index contributed by atoms with van der Waals surface area (Å²) >= 11 is 2.96. The number of rotatable bonds is 15. The Bertz CT molecular complexity index is 756. The SMILES string of the molecule is CO[Si](CCCC(=O)CC(O)CNc1nnc(SCc2ccccn2)s1)(OC)OC. The summed E-state index contributed by atoms with van der Waals surface area (Å²) in [5, 5.41) is 22.0. The predicted octanol–water partition coefficient (Wildman–Crippen LogP) is 2.62. The lowest BCUT2D eigenvalue weighted by molar-refractivity contribution is -0.120. The van der Waals surface area contributed by atoms with E-state index >= 15 is 0 Å². The monoisotopic (exact) mass is 472 g/mol. The van der Waals surface area contributed by atoms with Gasteiger partial charge in [-0.3, -0.25) is 9.78 Å². The molecule has 0 aliphatic heterocycles. The van der Waals surface area contributed by atoms with Crippen LogP contribution in [-0.2, 0) is 23.8 Å². The van der Waals surface area contributed by atoms with Crippen LogP contribution in [0, 0.1) is 0 Å². The van der Waals surface area contributed by atoms with Gasteiger partial charge < -0.3 is 23.7 Å². The summed E-state index contributed by atoms with van der Waals surface area (Å²) in [6.07, 6.45) is 1.98. The smallest absolute Gasteiger partial charge is 0.391 e. The van der Waals surface area contributed by atoms with Crippen molar-refractivity contribution in [3.8, 4) is 0 Å². The third kappa shape index (κ3) is 8.38. The van der Waals surface area contributed by atoms with Crippen molar-refractivity contribution in [3.63, 3.8) is 0 Å². The minimum Gasteiger partial charge on any atom is -0.391 e. The molecule has 0 aliphatic rings. The van der Waals surface area contributed by atoms with Gasteiger partial charge in [0.05, 0.1) is 11.8 Å². The third-order valence-electron chi connectivity index (χ3n) is 4.30. The van der Waals surface area contributed by atoms with E-state index in [0.717, 1.165) is 10.0 Å². The van der Waals surface area contributed by atoms with Crippen LogP contribution >= 0.6 is 23.1 Å². The molecule has 1 unspecified atom stereocenters. The van der Waals surface area contributed by atoms with Crippen LogP contribution in [0.2, 0.25) is 6.04 Å². The van der Waals surface area contributed by atoms with Gasteiger partial charge >= 0.3 is 8.80 Å². The molecular weight excluding hydrogens is 444 g/mol. The molecule has 0 saturated carbocycles. The van der Waals surface area contributed by atoms with Crippen LogP contribution in [0.4, 0.5) is 5.13 Å². The first-order chi connectivity index (χ1) is 14.5. The Kier molecular flexibility index (Phi) is 10.8. The summed E-state index contributed by atoms with van der Waals surface area (Å²) < 4.78 is 16.8. The van der Waals surface area contributed by atoms with Gasteiger partial charge in [-0.1, -0.05) is 29.2 Å². The predicted molar refractivity (Wildman–Crippen MR) is 119 cm³/mol. The number of aromatic nitrogens is 3. The van der Waals surface area contributed by atoms with Crippen molar-refractivity contribution >= 4 is 42.8 Å². The number of anilines is 1. The number of ketones is 1. The highest BCUT2D eigenvalue weighted by molar-refractivity contribution is 8.00. The highest BCUT2D eigenvalue weighted by Crippen LogP contribution is 2.27. The maximum absolute atomic E-state index is 12.1. The van der Waals surface area contributed by atoms with Gasteiger partial charge in [-0.15, -0.1) is 10.2 Å². The Morgan fingerprint density at radius 3 is 2.70 bits per heavy atom. The fraction of sp³-hybridized carbons (Fsp3) is 0.556. The van der Waals surface area contributed by atoms with Crippen molar-refractivity contribution in [3.05, 3.63) is 30.1 Å². The van der Waals surface area contributed by atoms with Gasteiger partial charge in [0, 0.05) is 58.7 Å². The highest BCUT2D eigenvalue weighted by atomic mass is 32.2. The zero-order valence-electron chi connectivity index (χ0n) is 17.4. The van der Waals surface area contributed by atoms with Crippen LogP contribution in [0.25, 0.3) is 0 Å². The second-order valence-electron chi connectivity index (χ2n) is 6.41. The molecule has 1 atom stereocenters. The number of pyridine rings is 1. The molecule has 0 aromatic carbocycles. The molecular formula is C18H28N4O5S2Si. The number of Topliss-reactive ketones (excluding diaryl/α,β-unsaturated/α-hetero) is 1. The lowest BCUT2D eigenvalue weighted by atomic mass is 10.1. The summed E-state index contributed by atoms with van der Waals surface area (Å²) in [6.45, 7) is 0.234. The Morgan fingerprint density at radius 1 is 1.27 bits per heavy atom. The molecule has 0 amide bonds. The average molecular weight is 473 g/mol. The molecule has 0 saturated heterocycles. The number of thioether (sulfide) groups is 1. The molecule has 166 valence electrons. The van der Waals surface area contributed by atoms with E-state index in [9.17, 15) is 9.90 Å². The Labute approximate surface area is 185 Å². The normalized spacial score (nSPS) is 12.7. The summed E-state index contributed by atoms with van der Waals surface area (Å²) in [7, 11) is 1.99. The lowest BCUT2D eigenvalue weighted by Gasteiger charge is -2.24. The molecule has 0 radical (unpaired) electrons. The van der Waals surface area contributed by atoms with Crippen molar-refractivity contribution < 1.29 is 23.2 Å². The van der Waals surface area contributed by atoms with E-state index in [1.165, 1.54) is 11.3 Å². The maximum atomic E-state index is 12.1. The number of aliphatic hydroxyl groups is 1. The topological polar surface area (TPSA) is 116 Å². The van der Waals surface area contributed by atoms with Crippen LogP contribution in [0.15, 0.2) is 28.7 Å². The molecule has 9 nitrogen and oxygen atoms in total. The van der Waals surface area contributed by atoms with Crippen molar-refractivity contribution in [2.24, 2.45) is 0 Å². The van der Waals surface area contributed by atoms with E-state index in [4.69, 9.17) is 13.3 Å². The van der Waals surface area contributed by atoms with E-state index in [2.05, 4.69) is 20.5 Å². The van der Waals surface area contributed by atoms with Gasteiger partial charge in [-0.05, 0) is 18.6 Å². The number of hydrogen-bond donors (Lipinski definition) is 2. The summed E-state index contributed by atoms with van der Waals surface area (Å²) in [4.78, 5) is 16.4. The van der Waals surface area contributed by atoms with Crippen LogP contribution in [0.3, 0.4) is 0 Å². The highest BCUT2D eigenvalue weighted by Gasteiger charge is 2.37. The molecule has 2 heterocycles. The Balaban J connectivity index is 1.66. The number of hydrogen-bond acceptors (Lipinski definition) is 11. The summed E-state index contributed by atoms with van der Waals surface area (Å²) in [5.74, 6) is 0.700.